The summed E-state index contributed by atoms with van der Waals surface area (Å²) in [7, 11) is 2.39. The van der Waals surface area contributed by atoms with Gasteiger partial charge in [0.25, 0.3) is 0 Å². The van der Waals surface area contributed by atoms with Gasteiger partial charge in [0.05, 0.1) is 14.2 Å². The van der Waals surface area contributed by atoms with E-state index >= 15 is 0 Å². The number of carbonyl (C=O) groups excluding carboxylic acids is 2. The Morgan fingerprint density at radius 1 is 1.08 bits per heavy atom. The molecule has 13 heavy (non-hydrogen) atoms. The Balaban J connectivity index is 2.63. The Labute approximate surface area is 78.9 Å². The molecule has 1 aliphatic rings. The molecule has 1 aliphatic heterocycles. The molecule has 0 aromatic carbocycles. The number of hydrogen-bond acceptors (Lipinski definition) is 7. The molecule has 0 N–H and O–H groups in total. The maximum Gasteiger partial charge on any atom is 0.339 e. The van der Waals surface area contributed by atoms with Gasteiger partial charge in [-0.15, -0.1) is 0 Å². The largest absolute Gasteiger partial charge is 0.467 e. The van der Waals surface area contributed by atoms with Crippen LogP contribution in [0.4, 0.5) is 0 Å². The minimum absolute atomic E-state index is 0.576. The molecule has 0 aliphatic carbocycles. The van der Waals surface area contributed by atoms with Crippen LogP contribution in [0.1, 0.15) is 0 Å². The highest BCUT2D eigenvalue weighted by molar-refractivity contribution is 7.90. The molecule has 0 bridgehead atoms. The molecule has 0 amide bonds. The van der Waals surface area contributed by atoms with E-state index in [0.29, 0.717) is 12.3 Å². The molecule has 7 heteroatoms. The highest BCUT2D eigenvalue weighted by Gasteiger charge is 2.43. The van der Waals surface area contributed by atoms with Crippen molar-refractivity contribution in [1.29, 1.82) is 0 Å². The molecule has 1 heterocycles. The van der Waals surface area contributed by atoms with E-state index in [2.05, 4.69) is 9.47 Å². The van der Waals surface area contributed by atoms with Gasteiger partial charge >= 0.3 is 11.9 Å². The van der Waals surface area contributed by atoms with Crippen LogP contribution in [0.25, 0.3) is 0 Å². The van der Waals surface area contributed by atoms with E-state index in [1.54, 1.807) is 0 Å². The predicted molar refractivity (Wildman–Crippen MR) is 41.4 cm³/mol. The Kier molecular flexibility index (Phi) is 3.52. The van der Waals surface area contributed by atoms with E-state index in [1.165, 1.54) is 14.2 Å². The van der Waals surface area contributed by atoms with Crippen LogP contribution >= 0.6 is 12.3 Å². The molecule has 0 aromatic rings. The lowest BCUT2D eigenvalue weighted by molar-refractivity contribution is -0.160. The van der Waals surface area contributed by atoms with Crippen molar-refractivity contribution in [2.24, 2.45) is 0 Å². The van der Waals surface area contributed by atoms with Gasteiger partial charge in [-0.1, -0.05) is 0 Å². The number of methoxy groups -OCH3 is 2. The van der Waals surface area contributed by atoms with E-state index in [4.69, 9.17) is 8.37 Å². The number of ether oxygens (including phenoxy) is 2. The van der Waals surface area contributed by atoms with Crippen molar-refractivity contribution in [3.05, 3.63) is 0 Å². The van der Waals surface area contributed by atoms with Crippen LogP contribution in [0.15, 0.2) is 0 Å². The molecule has 0 unspecified atom stereocenters. The van der Waals surface area contributed by atoms with Crippen molar-refractivity contribution in [3.63, 3.8) is 0 Å². The van der Waals surface area contributed by atoms with Crippen molar-refractivity contribution in [2.75, 3.05) is 14.2 Å². The fraction of sp³-hybridized carbons (Fsp3) is 0.667. The first-order chi connectivity index (χ1) is 6.20. The molecule has 74 valence electrons. The van der Waals surface area contributed by atoms with E-state index in [-0.39, 0.29) is 0 Å². The molecule has 0 spiro atoms. The summed E-state index contributed by atoms with van der Waals surface area (Å²) in [6.45, 7) is 0. The minimum atomic E-state index is -1.05. The van der Waals surface area contributed by atoms with E-state index in [0.717, 1.165) is 0 Å². The maximum atomic E-state index is 11.0. The van der Waals surface area contributed by atoms with Crippen LogP contribution in [0.5, 0.6) is 0 Å². The second-order valence-corrected chi connectivity index (χ2v) is 2.67. The first-order valence-corrected chi connectivity index (χ1v) is 4.02. The van der Waals surface area contributed by atoms with Gasteiger partial charge in [-0.3, -0.25) is 8.37 Å². The summed E-state index contributed by atoms with van der Waals surface area (Å²) in [5.41, 5.74) is 0. The molecule has 1 saturated heterocycles. The summed E-state index contributed by atoms with van der Waals surface area (Å²) in [6, 6.07) is 0. The fourth-order valence-corrected chi connectivity index (χ4v) is 1.34. The van der Waals surface area contributed by atoms with E-state index < -0.39 is 24.1 Å². The third-order valence-electron chi connectivity index (χ3n) is 1.43. The van der Waals surface area contributed by atoms with Gasteiger partial charge in [0.1, 0.15) is 0 Å². The van der Waals surface area contributed by atoms with Gasteiger partial charge in [-0.05, 0) is 0 Å². The standard InChI is InChI=1S/C6H8O6S/c1-9-5(7)3-4(6(8)10-2)12-13-11-3/h3-4H,1-2H3/t3-,4-/m0/s1. The van der Waals surface area contributed by atoms with Crippen molar-refractivity contribution >= 4 is 24.3 Å². The highest BCUT2D eigenvalue weighted by atomic mass is 32.2. The van der Waals surface area contributed by atoms with Gasteiger partial charge in [-0.2, -0.15) is 0 Å². The molecular weight excluding hydrogens is 200 g/mol. The van der Waals surface area contributed by atoms with Crippen molar-refractivity contribution in [3.8, 4) is 0 Å². The molecule has 6 nitrogen and oxygen atoms in total. The smallest absolute Gasteiger partial charge is 0.339 e. The van der Waals surface area contributed by atoms with Crippen molar-refractivity contribution in [2.45, 2.75) is 12.2 Å². The number of esters is 2. The molecule has 1 fully saturated rings. The Morgan fingerprint density at radius 2 is 1.46 bits per heavy atom. The quantitative estimate of drug-likeness (QED) is 0.455. The van der Waals surface area contributed by atoms with E-state index in [1.807, 2.05) is 0 Å². The topological polar surface area (TPSA) is 71.1 Å². The molecule has 1 rings (SSSR count). The maximum absolute atomic E-state index is 11.0. The van der Waals surface area contributed by atoms with Crippen LogP contribution < -0.4 is 0 Å². The number of hydrogen-bond donors (Lipinski definition) is 0. The SMILES string of the molecule is COC(=O)[C@H]1OSO[C@@H]1C(=O)OC. The second kappa shape index (κ2) is 4.45. The van der Waals surface area contributed by atoms with Crippen LogP contribution in [-0.2, 0) is 27.4 Å². The van der Waals surface area contributed by atoms with Gasteiger partial charge in [0.15, 0.2) is 12.3 Å². The van der Waals surface area contributed by atoms with E-state index in [9.17, 15) is 9.59 Å². The van der Waals surface area contributed by atoms with Gasteiger partial charge in [-0.25, -0.2) is 9.59 Å². The Morgan fingerprint density at radius 3 is 1.77 bits per heavy atom. The minimum Gasteiger partial charge on any atom is -0.467 e. The Bertz CT molecular complexity index is 195. The zero-order valence-corrected chi connectivity index (χ0v) is 7.83. The molecular formula is C6H8O6S. The van der Waals surface area contributed by atoms with Gasteiger partial charge in [0.2, 0.25) is 12.2 Å². The second-order valence-electron chi connectivity index (χ2n) is 2.15. The monoisotopic (exact) mass is 208 g/mol. The predicted octanol–water partition coefficient (Wildman–Crippen LogP) is -0.320. The molecule has 0 radical (unpaired) electrons. The van der Waals surface area contributed by atoms with Crippen molar-refractivity contribution in [1.82, 2.24) is 0 Å². The van der Waals surface area contributed by atoms with Crippen LogP contribution in [0.2, 0.25) is 0 Å². The zero-order valence-electron chi connectivity index (χ0n) is 7.01. The summed E-state index contributed by atoms with van der Waals surface area (Å²) in [5.74, 6) is -1.33. The van der Waals surface area contributed by atoms with Crippen molar-refractivity contribution < 1.29 is 27.4 Å². The summed E-state index contributed by atoms with van der Waals surface area (Å²) < 4.78 is 18.3. The van der Waals surface area contributed by atoms with Gasteiger partial charge < -0.3 is 9.47 Å². The molecule has 0 saturated carbocycles. The summed E-state index contributed by atoms with van der Waals surface area (Å²) in [6.07, 6.45) is -2.11. The lowest BCUT2D eigenvalue weighted by atomic mass is 10.2. The average Bonchev–Trinajstić information content (AvgIpc) is 2.63. The highest BCUT2D eigenvalue weighted by Crippen LogP contribution is 2.27. The third kappa shape index (κ3) is 2.11. The normalized spacial score (nSPS) is 26.9. The van der Waals surface area contributed by atoms with Gasteiger partial charge in [0, 0.05) is 0 Å². The van der Waals surface area contributed by atoms with Crippen LogP contribution in [-0.4, -0.2) is 38.4 Å². The average molecular weight is 208 g/mol. The lowest BCUT2D eigenvalue weighted by Crippen LogP contribution is -2.38. The zero-order chi connectivity index (χ0) is 9.84. The summed E-state index contributed by atoms with van der Waals surface area (Å²) in [4.78, 5) is 22.0. The lowest BCUT2D eigenvalue weighted by Gasteiger charge is -2.10. The number of carbonyl (C=O) groups is 2. The number of rotatable bonds is 2. The summed E-state index contributed by atoms with van der Waals surface area (Å²) >= 11 is 0.576. The molecule has 0 aromatic heterocycles. The first kappa shape index (κ1) is 10.3. The van der Waals surface area contributed by atoms with Crippen LogP contribution in [0, 0.1) is 0 Å². The third-order valence-corrected chi connectivity index (χ3v) is 2.00. The first-order valence-electron chi connectivity index (χ1n) is 3.35. The summed E-state index contributed by atoms with van der Waals surface area (Å²) in [5, 5.41) is 0. The Hall–Kier alpha value is -0.790. The fourth-order valence-electron chi connectivity index (χ4n) is 0.766. The molecule has 2 atom stereocenters. The van der Waals surface area contributed by atoms with Crippen LogP contribution in [0.3, 0.4) is 0 Å².